The molecule has 0 aromatic heterocycles. The first-order chi connectivity index (χ1) is 10.7. The molecule has 0 N–H and O–H groups in total. The topological polar surface area (TPSA) is 36.9 Å². The Bertz CT molecular complexity index is 738. The van der Waals surface area contributed by atoms with Crippen LogP contribution in [0.5, 0.6) is 23.0 Å². The van der Waals surface area contributed by atoms with E-state index >= 15 is 0 Å². The Kier molecular flexibility index (Phi) is 2.93. The Morgan fingerprint density at radius 2 is 1.91 bits per heavy atom. The van der Waals surface area contributed by atoms with Crippen LogP contribution in [-0.4, -0.2) is 13.9 Å². The minimum atomic E-state index is -0.0415. The molecule has 0 radical (unpaired) electrons. The van der Waals surface area contributed by atoms with Gasteiger partial charge in [0.25, 0.3) is 0 Å². The van der Waals surface area contributed by atoms with Crippen LogP contribution in [0.25, 0.3) is 0 Å². The van der Waals surface area contributed by atoms with Crippen LogP contribution in [-0.2, 0) is 0 Å². The predicted molar refractivity (Wildman–Crippen MR) is 82.1 cm³/mol. The quantitative estimate of drug-likeness (QED) is 0.840. The van der Waals surface area contributed by atoms with Crippen LogP contribution in [0.2, 0.25) is 0 Å². The number of ether oxygens (including phenoxy) is 4. The molecule has 2 aromatic rings. The lowest BCUT2D eigenvalue weighted by molar-refractivity contribution is 0.173. The summed E-state index contributed by atoms with van der Waals surface area (Å²) < 4.78 is 22.6. The molecular weight excluding hydrogens is 280 g/mol. The molecule has 4 nitrogen and oxygen atoms in total. The van der Waals surface area contributed by atoms with Crippen molar-refractivity contribution >= 4 is 0 Å². The third-order valence-electron chi connectivity index (χ3n) is 4.46. The minimum Gasteiger partial charge on any atom is -0.493 e. The largest absolute Gasteiger partial charge is 0.493 e. The summed E-state index contributed by atoms with van der Waals surface area (Å²) in [5, 5.41) is 0. The molecular formula is C18H18O4. The maximum Gasteiger partial charge on any atom is 0.231 e. The average Bonchev–Trinajstić information content (AvgIpc) is 3.11. The van der Waals surface area contributed by atoms with E-state index in [4.69, 9.17) is 18.9 Å². The van der Waals surface area contributed by atoms with Gasteiger partial charge in [-0.1, -0.05) is 25.1 Å². The highest BCUT2D eigenvalue weighted by Gasteiger charge is 2.35. The Balaban J connectivity index is 1.74. The van der Waals surface area contributed by atoms with Crippen molar-refractivity contribution in [3.05, 3.63) is 47.0 Å². The Morgan fingerprint density at radius 3 is 2.73 bits per heavy atom. The molecule has 1 unspecified atom stereocenters. The van der Waals surface area contributed by atoms with Gasteiger partial charge in [-0.3, -0.25) is 0 Å². The van der Waals surface area contributed by atoms with E-state index in [0.717, 1.165) is 34.1 Å². The number of methoxy groups -OCH3 is 1. The standard InChI is InChI=1S/C18H18O4/c1-10-4-6-13-11(2)17(22-18(13)16(10)19-3)12-5-7-14-15(8-12)21-9-20-14/h4-8,11,17H,9H2,1-3H3/t11-,17?/m0/s1. The van der Waals surface area contributed by atoms with Crippen molar-refractivity contribution in [3.63, 3.8) is 0 Å². The summed E-state index contributed by atoms with van der Waals surface area (Å²) in [5.41, 5.74) is 3.36. The number of hydrogen-bond donors (Lipinski definition) is 0. The van der Waals surface area contributed by atoms with Crippen molar-refractivity contribution in [3.8, 4) is 23.0 Å². The fourth-order valence-corrected chi connectivity index (χ4v) is 3.25. The van der Waals surface area contributed by atoms with Crippen molar-refractivity contribution < 1.29 is 18.9 Å². The van der Waals surface area contributed by atoms with Crippen LogP contribution in [0.3, 0.4) is 0 Å². The van der Waals surface area contributed by atoms with Crippen LogP contribution < -0.4 is 18.9 Å². The third kappa shape index (κ3) is 1.83. The number of rotatable bonds is 2. The summed E-state index contributed by atoms with van der Waals surface area (Å²) in [6.45, 7) is 4.49. The molecule has 22 heavy (non-hydrogen) atoms. The van der Waals surface area contributed by atoms with Gasteiger partial charge in [0.1, 0.15) is 6.10 Å². The number of benzene rings is 2. The fraction of sp³-hybridized carbons (Fsp3) is 0.333. The van der Waals surface area contributed by atoms with Crippen LogP contribution in [0.4, 0.5) is 0 Å². The number of aryl methyl sites for hydroxylation is 1. The molecule has 0 saturated carbocycles. The first-order valence-corrected chi connectivity index (χ1v) is 7.42. The zero-order valence-electron chi connectivity index (χ0n) is 12.9. The van der Waals surface area contributed by atoms with E-state index < -0.39 is 0 Å². The zero-order valence-corrected chi connectivity index (χ0v) is 12.9. The third-order valence-corrected chi connectivity index (χ3v) is 4.46. The van der Waals surface area contributed by atoms with Gasteiger partial charge in [0, 0.05) is 11.5 Å². The molecule has 4 heteroatoms. The van der Waals surface area contributed by atoms with Gasteiger partial charge in [-0.2, -0.15) is 0 Å². The van der Waals surface area contributed by atoms with Gasteiger partial charge in [-0.15, -0.1) is 0 Å². The normalized spacial score (nSPS) is 21.4. The van der Waals surface area contributed by atoms with E-state index in [1.165, 1.54) is 5.56 Å². The lowest BCUT2D eigenvalue weighted by Crippen LogP contribution is -2.07. The summed E-state index contributed by atoms with van der Waals surface area (Å²) in [6, 6.07) is 10.2. The SMILES string of the molecule is COc1c(C)ccc2c1OC(c1ccc3c(c1)OCO3)[C@H]2C. The molecule has 0 aliphatic carbocycles. The highest BCUT2D eigenvalue weighted by Crippen LogP contribution is 2.51. The summed E-state index contributed by atoms with van der Waals surface area (Å²) >= 11 is 0. The summed E-state index contributed by atoms with van der Waals surface area (Å²) in [5.74, 6) is 3.52. The van der Waals surface area contributed by atoms with Gasteiger partial charge in [-0.05, 0) is 30.2 Å². The Morgan fingerprint density at radius 1 is 1.09 bits per heavy atom. The number of fused-ring (bicyclic) bond motifs is 2. The van der Waals surface area contributed by atoms with Crippen molar-refractivity contribution in [1.82, 2.24) is 0 Å². The summed E-state index contributed by atoms with van der Waals surface area (Å²) in [4.78, 5) is 0. The zero-order chi connectivity index (χ0) is 15.3. The van der Waals surface area contributed by atoms with E-state index in [-0.39, 0.29) is 18.8 Å². The highest BCUT2D eigenvalue weighted by molar-refractivity contribution is 5.56. The molecule has 114 valence electrons. The lowest BCUT2D eigenvalue weighted by Gasteiger charge is -2.16. The summed E-state index contributed by atoms with van der Waals surface area (Å²) in [7, 11) is 1.69. The predicted octanol–water partition coefficient (Wildman–Crippen LogP) is 3.97. The molecule has 0 spiro atoms. The molecule has 2 aliphatic heterocycles. The second-order valence-electron chi connectivity index (χ2n) is 5.77. The van der Waals surface area contributed by atoms with Crippen molar-refractivity contribution in [1.29, 1.82) is 0 Å². The van der Waals surface area contributed by atoms with E-state index in [1.807, 2.05) is 25.1 Å². The lowest BCUT2D eigenvalue weighted by atomic mass is 9.92. The second kappa shape index (κ2) is 4.83. The van der Waals surface area contributed by atoms with Gasteiger partial charge < -0.3 is 18.9 Å². The van der Waals surface area contributed by atoms with Crippen LogP contribution in [0, 0.1) is 6.92 Å². The van der Waals surface area contributed by atoms with Gasteiger partial charge in [0.15, 0.2) is 23.0 Å². The molecule has 2 heterocycles. The van der Waals surface area contributed by atoms with Crippen molar-refractivity contribution in [2.75, 3.05) is 13.9 Å². The molecule has 0 fully saturated rings. The molecule has 2 aliphatic rings. The summed E-state index contributed by atoms with van der Waals surface area (Å²) in [6.07, 6.45) is -0.0415. The molecule has 4 rings (SSSR count). The molecule has 2 aromatic carbocycles. The molecule has 0 amide bonds. The highest BCUT2D eigenvalue weighted by atomic mass is 16.7. The first-order valence-electron chi connectivity index (χ1n) is 7.42. The Labute approximate surface area is 129 Å². The smallest absolute Gasteiger partial charge is 0.231 e. The van der Waals surface area contributed by atoms with Crippen molar-refractivity contribution in [2.45, 2.75) is 25.9 Å². The van der Waals surface area contributed by atoms with Crippen LogP contribution in [0.1, 0.15) is 35.6 Å². The van der Waals surface area contributed by atoms with Crippen LogP contribution in [0.15, 0.2) is 30.3 Å². The second-order valence-corrected chi connectivity index (χ2v) is 5.77. The van der Waals surface area contributed by atoms with Crippen molar-refractivity contribution in [2.24, 2.45) is 0 Å². The Hall–Kier alpha value is -2.36. The number of hydrogen-bond acceptors (Lipinski definition) is 4. The first kappa shape index (κ1) is 13.3. The maximum absolute atomic E-state index is 6.25. The van der Waals surface area contributed by atoms with Crippen LogP contribution >= 0.6 is 0 Å². The monoisotopic (exact) mass is 298 g/mol. The molecule has 0 bridgehead atoms. The maximum atomic E-state index is 6.25. The van der Waals surface area contributed by atoms with E-state index in [9.17, 15) is 0 Å². The van der Waals surface area contributed by atoms with Gasteiger partial charge in [0.2, 0.25) is 6.79 Å². The van der Waals surface area contributed by atoms with Gasteiger partial charge in [-0.25, -0.2) is 0 Å². The van der Waals surface area contributed by atoms with E-state index in [2.05, 4.69) is 19.1 Å². The minimum absolute atomic E-state index is 0.0415. The van der Waals surface area contributed by atoms with Gasteiger partial charge >= 0.3 is 0 Å². The van der Waals surface area contributed by atoms with E-state index in [1.54, 1.807) is 7.11 Å². The average molecular weight is 298 g/mol. The van der Waals surface area contributed by atoms with Gasteiger partial charge in [0.05, 0.1) is 7.11 Å². The fourth-order valence-electron chi connectivity index (χ4n) is 3.25. The molecule has 2 atom stereocenters. The molecule has 0 saturated heterocycles. The van der Waals surface area contributed by atoms with E-state index in [0.29, 0.717) is 0 Å².